The van der Waals surface area contributed by atoms with Crippen molar-refractivity contribution in [3.8, 4) is 5.75 Å². The molecular weight excluding hydrogens is 328 g/mol. The summed E-state index contributed by atoms with van der Waals surface area (Å²) < 4.78 is 7.72. The van der Waals surface area contributed by atoms with E-state index in [1.54, 1.807) is 4.68 Å². The van der Waals surface area contributed by atoms with E-state index in [0.717, 1.165) is 24.8 Å². The summed E-state index contributed by atoms with van der Waals surface area (Å²) in [5.74, 6) is 2.55. The van der Waals surface area contributed by atoms with Crippen LogP contribution >= 0.6 is 0 Å². The Labute approximate surface area is 153 Å². The van der Waals surface area contributed by atoms with Gasteiger partial charge in [-0.05, 0) is 24.8 Å². The molecule has 1 aliphatic carbocycles. The van der Waals surface area contributed by atoms with Gasteiger partial charge in [-0.1, -0.05) is 18.2 Å². The average molecular weight is 352 g/mol. The molecule has 1 saturated carbocycles. The van der Waals surface area contributed by atoms with Crippen LogP contribution in [0.25, 0.3) is 0 Å². The van der Waals surface area contributed by atoms with Gasteiger partial charge in [0.2, 0.25) is 5.91 Å². The first-order valence-corrected chi connectivity index (χ1v) is 9.45. The molecule has 6 nitrogen and oxygen atoms in total. The molecule has 5 rings (SSSR count). The van der Waals surface area contributed by atoms with Crippen LogP contribution in [-0.4, -0.2) is 40.3 Å². The van der Waals surface area contributed by atoms with Crippen molar-refractivity contribution in [3.05, 3.63) is 42.1 Å². The molecule has 26 heavy (non-hydrogen) atoms. The van der Waals surface area contributed by atoms with Gasteiger partial charge in [-0.15, -0.1) is 0 Å². The molecule has 0 spiro atoms. The minimum atomic E-state index is -0.0749. The molecule has 3 aliphatic rings. The van der Waals surface area contributed by atoms with Crippen LogP contribution < -0.4 is 10.1 Å². The Morgan fingerprint density at radius 1 is 1.31 bits per heavy atom. The van der Waals surface area contributed by atoms with Gasteiger partial charge in [-0.25, -0.2) is 0 Å². The van der Waals surface area contributed by atoms with Crippen molar-refractivity contribution in [2.75, 3.05) is 25.0 Å². The molecule has 1 amide bonds. The van der Waals surface area contributed by atoms with Crippen LogP contribution in [-0.2, 0) is 11.8 Å². The molecule has 2 aliphatic heterocycles. The number of benzene rings is 1. The van der Waals surface area contributed by atoms with Gasteiger partial charge in [0.05, 0.1) is 12.5 Å². The maximum absolute atomic E-state index is 13.0. The highest BCUT2D eigenvalue weighted by Gasteiger charge is 2.49. The van der Waals surface area contributed by atoms with Crippen LogP contribution in [0.2, 0.25) is 0 Å². The van der Waals surface area contributed by atoms with Crippen molar-refractivity contribution in [2.45, 2.75) is 18.9 Å². The number of ether oxygens (including phenoxy) is 1. The van der Waals surface area contributed by atoms with Crippen LogP contribution in [0.5, 0.6) is 5.75 Å². The molecule has 1 aromatic carbocycles. The summed E-state index contributed by atoms with van der Waals surface area (Å²) in [7, 11) is 1.85. The largest absolute Gasteiger partial charge is 0.493 e. The standard InChI is InChI=1S/C20H24N4O2/c1-23-9-8-18(22-23)21-20(25)15-11-24(10-13-6-7-13)19-14-4-2-3-5-17(14)26-12-16(15)19/h2-5,8-9,13,15-16,19H,6-7,10-12H2,1H3,(H,21,22,25)/t15-,16+,19+/m1/s1. The number of likely N-dealkylation sites (tertiary alicyclic amines) is 1. The summed E-state index contributed by atoms with van der Waals surface area (Å²) >= 11 is 0. The Morgan fingerprint density at radius 3 is 2.92 bits per heavy atom. The van der Waals surface area contributed by atoms with E-state index in [1.165, 1.54) is 18.4 Å². The Hall–Kier alpha value is -2.34. The van der Waals surface area contributed by atoms with E-state index in [1.807, 2.05) is 31.4 Å². The zero-order valence-electron chi connectivity index (χ0n) is 15.0. The number of aromatic nitrogens is 2. The minimum absolute atomic E-state index is 0.0555. The number of carbonyl (C=O) groups is 1. The van der Waals surface area contributed by atoms with E-state index in [2.05, 4.69) is 27.4 Å². The quantitative estimate of drug-likeness (QED) is 0.918. The lowest BCUT2D eigenvalue weighted by atomic mass is 9.85. The van der Waals surface area contributed by atoms with Crippen LogP contribution in [0.15, 0.2) is 36.5 Å². The SMILES string of the molecule is Cn1ccc(NC(=O)[C@@H]2CN(CC3CC3)[C@H]3c4ccccc4OC[C@@H]23)n1. The first-order chi connectivity index (χ1) is 12.7. The molecule has 3 heterocycles. The Kier molecular flexibility index (Phi) is 3.74. The summed E-state index contributed by atoms with van der Waals surface area (Å²) in [6.07, 6.45) is 4.47. The van der Waals surface area contributed by atoms with Gasteiger partial charge >= 0.3 is 0 Å². The summed E-state index contributed by atoms with van der Waals surface area (Å²) in [5, 5.41) is 7.28. The van der Waals surface area contributed by atoms with E-state index in [9.17, 15) is 4.79 Å². The van der Waals surface area contributed by atoms with Crippen molar-refractivity contribution in [1.29, 1.82) is 0 Å². The third kappa shape index (κ3) is 2.78. The topological polar surface area (TPSA) is 59.4 Å². The molecule has 1 aromatic heterocycles. The maximum Gasteiger partial charge on any atom is 0.230 e. The number of hydrogen-bond donors (Lipinski definition) is 1. The summed E-state index contributed by atoms with van der Waals surface area (Å²) in [5.41, 5.74) is 1.23. The third-order valence-corrected chi connectivity index (χ3v) is 5.91. The number of carbonyl (C=O) groups excluding carboxylic acids is 1. The fourth-order valence-corrected chi connectivity index (χ4v) is 4.47. The fourth-order valence-electron chi connectivity index (χ4n) is 4.47. The molecule has 1 saturated heterocycles. The molecular formula is C20H24N4O2. The van der Waals surface area contributed by atoms with Gasteiger partial charge in [-0.2, -0.15) is 5.10 Å². The Balaban J connectivity index is 1.42. The number of amides is 1. The lowest BCUT2D eigenvalue weighted by molar-refractivity contribution is -0.121. The van der Waals surface area contributed by atoms with Gasteiger partial charge in [0, 0.05) is 49.9 Å². The van der Waals surface area contributed by atoms with Crippen LogP contribution in [0.3, 0.4) is 0 Å². The number of nitrogens with one attached hydrogen (secondary N) is 1. The zero-order chi connectivity index (χ0) is 17.7. The number of hydrogen-bond acceptors (Lipinski definition) is 4. The van der Waals surface area contributed by atoms with Crippen molar-refractivity contribution >= 4 is 11.7 Å². The van der Waals surface area contributed by atoms with Crippen LogP contribution in [0.1, 0.15) is 24.4 Å². The highest BCUT2D eigenvalue weighted by Crippen LogP contribution is 2.48. The average Bonchev–Trinajstić information content (AvgIpc) is 3.25. The van der Waals surface area contributed by atoms with Gasteiger partial charge in [0.25, 0.3) is 0 Å². The first kappa shape index (κ1) is 15.9. The normalized spacial score (nSPS) is 27.5. The molecule has 1 N–H and O–H groups in total. The molecule has 2 fully saturated rings. The number of para-hydroxylation sites is 1. The molecule has 2 aromatic rings. The lowest BCUT2D eigenvalue weighted by Crippen LogP contribution is -2.35. The lowest BCUT2D eigenvalue weighted by Gasteiger charge is -2.34. The number of aryl methyl sites for hydroxylation is 1. The van der Waals surface area contributed by atoms with E-state index in [-0.39, 0.29) is 23.8 Å². The second-order valence-electron chi connectivity index (χ2n) is 7.83. The van der Waals surface area contributed by atoms with Crippen molar-refractivity contribution in [2.24, 2.45) is 24.8 Å². The second kappa shape index (κ2) is 6.13. The van der Waals surface area contributed by atoms with Crippen molar-refractivity contribution in [1.82, 2.24) is 14.7 Å². The van der Waals surface area contributed by atoms with Gasteiger partial charge in [-0.3, -0.25) is 14.4 Å². The van der Waals surface area contributed by atoms with E-state index in [4.69, 9.17) is 4.74 Å². The monoisotopic (exact) mass is 352 g/mol. The van der Waals surface area contributed by atoms with Crippen molar-refractivity contribution in [3.63, 3.8) is 0 Å². The number of rotatable bonds is 4. The van der Waals surface area contributed by atoms with Gasteiger partial charge < -0.3 is 10.1 Å². The predicted octanol–water partition coefficient (Wildman–Crippen LogP) is 2.45. The number of nitrogens with zero attached hydrogens (tertiary/aromatic N) is 3. The van der Waals surface area contributed by atoms with Crippen LogP contribution in [0, 0.1) is 17.8 Å². The van der Waals surface area contributed by atoms with Crippen molar-refractivity contribution < 1.29 is 9.53 Å². The molecule has 0 bridgehead atoms. The number of fused-ring (bicyclic) bond motifs is 3. The summed E-state index contributed by atoms with van der Waals surface area (Å²) in [6, 6.07) is 10.4. The molecule has 136 valence electrons. The smallest absolute Gasteiger partial charge is 0.230 e. The molecule has 6 heteroatoms. The number of anilines is 1. The highest BCUT2D eigenvalue weighted by atomic mass is 16.5. The molecule has 3 atom stereocenters. The Morgan fingerprint density at radius 2 is 2.15 bits per heavy atom. The fraction of sp³-hybridized carbons (Fsp3) is 0.500. The van der Waals surface area contributed by atoms with E-state index >= 15 is 0 Å². The maximum atomic E-state index is 13.0. The molecule has 0 unspecified atom stereocenters. The molecule has 0 radical (unpaired) electrons. The van der Waals surface area contributed by atoms with Gasteiger partial charge in [0.1, 0.15) is 5.75 Å². The first-order valence-electron chi connectivity index (χ1n) is 9.45. The predicted molar refractivity (Wildman–Crippen MR) is 97.8 cm³/mol. The third-order valence-electron chi connectivity index (χ3n) is 5.91. The summed E-state index contributed by atoms with van der Waals surface area (Å²) in [6.45, 7) is 2.48. The Bertz CT molecular complexity index is 829. The second-order valence-corrected chi connectivity index (χ2v) is 7.83. The van der Waals surface area contributed by atoms with Gasteiger partial charge in [0.15, 0.2) is 5.82 Å². The zero-order valence-corrected chi connectivity index (χ0v) is 15.0. The van der Waals surface area contributed by atoms with Crippen LogP contribution in [0.4, 0.5) is 5.82 Å². The summed E-state index contributed by atoms with van der Waals surface area (Å²) in [4.78, 5) is 15.5. The van der Waals surface area contributed by atoms with E-state index < -0.39 is 0 Å². The van der Waals surface area contributed by atoms with E-state index in [0.29, 0.717) is 12.4 Å². The minimum Gasteiger partial charge on any atom is -0.493 e. The highest BCUT2D eigenvalue weighted by molar-refractivity contribution is 5.92.